The molecular weight excluding hydrogens is 230 g/mol. The standard InChI is InChI=1S/C14H23NO3/c1-6-14(2,18-5)13(15)10-7-8-11(16-3)12(9-10)17-4/h7-9,13H,6,15H2,1-5H3. The highest BCUT2D eigenvalue weighted by molar-refractivity contribution is 5.44. The van der Waals surface area contributed by atoms with Crippen molar-refractivity contribution in [2.45, 2.75) is 31.9 Å². The van der Waals surface area contributed by atoms with Crippen molar-refractivity contribution in [3.63, 3.8) is 0 Å². The molecule has 2 N–H and O–H groups in total. The zero-order chi connectivity index (χ0) is 13.8. The third kappa shape index (κ3) is 2.76. The summed E-state index contributed by atoms with van der Waals surface area (Å²) >= 11 is 0. The van der Waals surface area contributed by atoms with Gasteiger partial charge in [0.05, 0.1) is 25.9 Å². The quantitative estimate of drug-likeness (QED) is 0.846. The lowest BCUT2D eigenvalue weighted by molar-refractivity contribution is -0.0195. The van der Waals surface area contributed by atoms with E-state index in [1.165, 1.54) is 0 Å². The average molecular weight is 253 g/mol. The van der Waals surface area contributed by atoms with E-state index in [0.717, 1.165) is 12.0 Å². The molecule has 1 rings (SSSR count). The summed E-state index contributed by atoms with van der Waals surface area (Å²) in [6, 6.07) is 5.49. The van der Waals surface area contributed by atoms with Crippen LogP contribution in [0.3, 0.4) is 0 Å². The molecule has 0 aliphatic rings. The number of rotatable bonds is 6. The fourth-order valence-electron chi connectivity index (χ4n) is 1.89. The Morgan fingerprint density at radius 2 is 1.78 bits per heavy atom. The van der Waals surface area contributed by atoms with Gasteiger partial charge in [-0.3, -0.25) is 0 Å². The molecule has 4 heteroatoms. The van der Waals surface area contributed by atoms with Gasteiger partial charge >= 0.3 is 0 Å². The lowest BCUT2D eigenvalue weighted by atomic mass is 9.88. The maximum Gasteiger partial charge on any atom is 0.161 e. The van der Waals surface area contributed by atoms with Crippen molar-refractivity contribution in [1.82, 2.24) is 0 Å². The Hall–Kier alpha value is -1.26. The zero-order valence-electron chi connectivity index (χ0n) is 11.8. The molecule has 1 aromatic rings. The molecule has 2 atom stereocenters. The topological polar surface area (TPSA) is 53.7 Å². The van der Waals surface area contributed by atoms with Gasteiger partial charge in [-0.25, -0.2) is 0 Å². The highest BCUT2D eigenvalue weighted by Gasteiger charge is 2.31. The molecule has 0 spiro atoms. The van der Waals surface area contributed by atoms with Gasteiger partial charge in [0, 0.05) is 7.11 Å². The van der Waals surface area contributed by atoms with Crippen LogP contribution >= 0.6 is 0 Å². The van der Waals surface area contributed by atoms with E-state index in [4.69, 9.17) is 19.9 Å². The number of hydrogen-bond donors (Lipinski definition) is 1. The van der Waals surface area contributed by atoms with Crippen molar-refractivity contribution < 1.29 is 14.2 Å². The van der Waals surface area contributed by atoms with Crippen molar-refractivity contribution in [1.29, 1.82) is 0 Å². The van der Waals surface area contributed by atoms with Gasteiger partial charge in [0.1, 0.15) is 0 Å². The van der Waals surface area contributed by atoms with E-state index in [0.29, 0.717) is 11.5 Å². The van der Waals surface area contributed by atoms with Crippen molar-refractivity contribution in [2.75, 3.05) is 21.3 Å². The Morgan fingerprint density at radius 1 is 1.17 bits per heavy atom. The summed E-state index contributed by atoms with van der Waals surface area (Å²) in [5, 5.41) is 0. The minimum Gasteiger partial charge on any atom is -0.493 e. The maximum absolute atomic E-state index is 6.29. The van der Waals surface area contributed by atoms with E-state index in [9.17, 15) is 0 Å². The molecule has 0 heterocycles. The highest BCUT2D eigenvalue weighted by atomic mass is 16.5. The molecule has 0 bridgehead atoms. The Kier molecular flexibility index (Phi) is 4.99. The van der Waals surface area contributed by atoms with Crippen molar-refractivity contribution in [3.8, 4) is 11.5 Å². The van der Waals surface area contributed by atoms with Gasteiger partial charge in [0.15, 0.2) is 11.5 Å². The fourth-order valence-corrected chi connectivity index (χ4v) is 1.89. The van der Waals surface area contributed by atoms with E-state index < -0.39 is 0 Å². The molecule has 0 aliphatic heterocycles. The van der Waals surface area contributed by atoms with Gasteiger partial charge in [0.2, 0.25) is 0 Å². The number of methoxy groups -OCH3 is 3. The molecule has 0 fully saturated rings. The van der Waals surface area contributed by atoms with Gasteiger partial charge in [0.25, 0.3) is 0 Å². The second-order valence-corrected chi connectivity index (χ2v) is 4.46. The molecule has 1 aromatic carbocycles. The summed E-state index contributed by atoms with van der Waals surface area (Å²) in [5.41, 5.74) is 6.87. The Morgan fingerprint density at radius 3 is 2.22 bits per heavy atom. The maximum atomic E-state index is 6.29. The molecule has 0 radical (unpaired) electrons. The molecule has 0 aromatic heterocycles. The lowest BCUT2D eigenvalue weighted by Crippen LogP contribution is -2.39. The van der Waals surface area contributed by atoms with Crippen molar-refractivity contribution in [2.24, 2.45) is 5.73 Å². The van der Waals surface area contributed by atoms with Crippen LogP contribution in [0.2, 0.25) is 0 Å². The molecule has 0 aliphatic carbocycles. The molecule has 0 saturated carbocycles. The van der Waals surface area contributed by atoms with Gasteiger partial charge in [-0.1, -0.05) is 13.0 Å². The van der Waals surface area contributed by atoms with Crippen LogP contribution in [0.5, 0.6) is 11.5 Å². The van der Waals surface area contributed by atoms with Gasteiger partial charge in [-0.05, 0) is 31.0 Å². The van der Waals surface area contributed by atoms with Crippen LogP contribution in [0.15, 0.2) is 18.2 Å². The van der Waals surface area contributed by atoms with Crippen LogP contribution < -0.4 is 15.2 Å². The predicted octanol–water partition coefficient (Wildman–Crippen LogP) is 2.52. The number of benzene rings is 1. The SMILES string of the molecule is CCC(C)(OC)C(N)c1ccc(OC)c(OC)c1. The van der Waals surface area contributed by atoms with Gasteiger partial charge < -0.3 is 19.9 Å². The van der Waals surface area contributed by atoms with E-state index in [1.54, 1.807) is 21.3 Å². The monoisotopic (exact) mass is 253 g/mol. The lowest BCUT2D eigenvalue weighted by Gasteiger charge is -2.33. The largest absolute Gasteiger partial charge is 0.493 e. The van der Waals surface area contributed by atoms with Crippen LogP contribution in [-0.4, -0.2) is 26.9 Å². The second-order valence-electron chi connectivity index (χ2n) is 4.46. The van der Waals surface area contributed by atoms with Crippen LogP contribution in [0.1, 0.15) is 31.9 Å². The first kappa shape index (κ1) is 14.8. The molecular formula is C14H23NO3. The van der Waals surface area contributed by atoms with Crippen molar-refractivity contribution in [3.05, 3.63) is 23.8 Å². The zero-order valence-corrected chi connectivity index (χ0v) is 11.8. The highest BCUT2D eigenvalue weighted by Crippen LogP contribution is 2.34. The van der Waals surface area contributed by atoms with E-state index in [-0.39, 0.29) is 11.6 Å². The molecule has 18 heavy (non-hydrogen) atoms. The first-order valence-electron chi connectivity index (χ1n) is 6.05. The second kappa shape index (κ2) is 6.07. The van der Waals surface area contributed by atoms with Crippen molar-refractivity contribution >= 4 is 0 Å². The predicted molar refractivity (Wildman–Crippen MR) is 72.2 cm³/mol. The Balaban J connectivity index is 3.10. The summed E-state index contributed by atoms with van der Waals surface area (Å²) in [7, 11) is 4.91. The smallest absolute Gasteiger partial charge is 0.161 e. The van der Waals surface area contributed by atoms with Crippen LogP contribution in [-0.2, 0) is 4.74 Å². The molecule has 4 nitrogen and oxygen atoms in total. The number of hydrogen-bond acceptors (Lipinski definition) is 4. The van der Waals surface area contributed by atoms with Crippen LogP contribution in [0, 0.1) is 0 Å². The molecule has 102 valence electrons. The van der Waals surface area contributed by atoms with Crippen LogP contribution in [0.4, 0.5) is 0 Å². The third-order valence-electron chi connectivity index (χ3n) is 3.59. The van der Waals surface area contributed by atoms with Gasteiger partial charge in [-0.15, -0.1) is 0 Å². The first-order chi connectivity index (χ1) is 8.52. The summed E-state index contributed by atoms with van der Waals surface area (Å²) in [6.07, 6.45) is 0.832. The minimum absolute atomic E-state index is 0.215. The number of ether oxygens (including phenoxy) is 3. The summed E-state index contributed by atoms with van der Waals surface area (Å²) in [6.45, 7) is 4.07. The Labute approximate surface area is 109 Å². The molecule has 0 saturated heterocycles. The minimum atomic E-state index is -0.389. The normalized spacial score (nSPS) is 15.9. The fraction of sp³-hybridized carbons (Fsp3) is 0.571. The average Bonchev–Trinajstić information content (AvgIpc) is 2.44. The van der Waals surface area contributed by atoms with E-state index >= 15 is 0 Å². The Bertz CT molecular complexity index is 389. The van der Waals surface area contributed by atoms with E-state index in [2.05, 4.69) is 6.92 Å². The molecule has 0 amide bonds. The molecule has 2 unspecified atom stereocenters. The van der Waals surface area contributed by atoms with Gasteiger partial charge in [-0.2, -0.15) is 0 Å². The number of nitrogens with two attached hydrogens (primary N) is 1. The summed E-state index contributed by atoms with van der Waals surface area (Å²) in [5.74, 6) is 1.38. The first-order valence-corrected chi connectivity index (χ1v) is 6.05. The summed E-state index contributed by atoms with van der Waals surface area (Å²) < 4.78 is 16.0. The van der Waals surface area contributed by atoms with E-state index in [1.807, 2.05) is 25.1 Å². The third-order valence-corrected chi connectivity index (χ3v) is 3.59. The summed E-state index contributed by atoms with van der Waals surface area (Å²) in [4.78, 5) is 0. The van der Waals surface area contributed by atoms with Crippen LogP contribution in [0.25, 0.3) is 0 Å².